The second kappa shape index (κ2) is 5.19. The summed E-state index contributed by atoms with van der Waals surface area (Å²) in [5, 5.41) is 4.70. The molecule has 0 radical (unpaired) electrons. The van der Waals surface area contributed by atoms with E-state index in [2.05, 4.69) is 11.1 Å². The fraction of sp³-hybridized carbons (Fsp3) is 0.600. The van der Waals surface area contributed by atoms with Crippen LogP contribution < -0.4 is 5.56 Å². The highest BCUT2D eigenvalue weighted by Crippen LogP contribution is 2.30. The van der Waals surface area contributed by atoms with E-state index in [0.717, 1.165) is 17.0 Å². The smallest absolute Gasteiger partial charge is 0.251 e. The van der Waals surface area contributed by atoms with Crippen LogP contribution in [0.15, 0.2) is 16.9 Å². The van der Waals surface area contributed by atoms with Crippen molar-refractivity contribution in [2.75, 3.05) is 0 Å². The van der Waals surface area contributed by atoms with Crippen molar-refractivity contribution < 1.29 is 0 Å². The third-order valence-electron chi connectivity index (χ3n) is 4.18. The summed E-state index contributed by atoms with van der Waals surface area (Å²) in [6.45, 7) is 1.93. The average molecular weight is 259 g/mol. The first kappa shape index (κ1) is 12.5. The normalized spacial score (nSPS) is 18.4. The fourth-order valence-electron chi connectivity index (χ4n) is 3.12. The lowest BCUT2D eigenvalue weighted by molar-refractivity contribution is 0.448. The Morgan fingerprint density at radius 1 is 1.16 bits per heavy atom. The van der Waals surface area contributed by atoms with E-state index in [0.29, 0.717) is 5.92 Å². The van der Waals surface area contributed by atoms with Gasteiger partial charge in [-0.3, -0.25) is 4.79 Å². The molecule has 0 unspecified atom stereocenters. The lowest BCUT2D eigenvalue weighted by Gasteiger charge is -2.17. The summed E-state index contributed by atoms with van der Waals surface area (Å²) >= 11 is 0. The number of fused-ring (bicyclic) bond motifs is 1. The number of hydrogen-bond acceptors (Lipinski definition) is 2. The van der Waals surface area contributed by atoms with Crippen LogP contribution in [0.4, 0.5) is 0 Å². The topological polar surface area (TPSA) is 50.2 Å². The minimum Gasteiger partial charge on any atom is -0.307 e. The van der Waals surface area contributed by atoms with Crippen LogP contribution in [0.1, 0.15) is 62.3 Å². The highest BCUT2D eigenvalue weighted by atomic mass is 16.1. The van der Waals surface area contributed by atoms with Crippen molar-refractivity contribution in [3.63, 3.8) is 0 Å². The molecule has 0 atom stereocenters. The molecule has 0 amide bonds. The molecule has 2 heterocycles. The Morgan fingerprint density at radius 3 is 2.58 bits per heavy atom. The predicted molar refractivity (Wildman–Crippen MR) is 75.6 cm³/mol. The van der Waals surface area contributed by atoms with Crippen LogP contribution in [-0.4, -0.2) is 14.6 Å². The number of aromatic amines is 1. The summed E-state index contributed by atoms with van der Waals surface area (Å²) in [7, 11) is 0. The predicted octanol–water partition coefficient (Wildman–Crippen LogP) is 3.16. The first-order chi connectivity index (χ1) is 9.24. The molecule has 1 N–H and O–H groups in total. The molecule has 2 aromatic rings. The molecule has 0 aliphatic heterocycles. The van der Waals surface area contributed by atoms with Gasteiger partial charge in [0.25, 0.3) is 5.56 Å². The molecular weight excluding hydrogens is 238 g/mol. The molecule has 0 spiro atoms. The Hall–Kier alpha value is -1.58. The van der Waals surface area contributed by atoms with E-state index < -0.39 is 0 Å². The average Bonchev–Trinajstić information content (AvgIpc) is 2.72. The summed E-state index contributed by atoms with van der Waals surface area (Å²) in [6.07, 6.45) is 9.13. The number of rotatable bonds is 1. The first-order valence-corrected chi connectivity index (χ1v) is 7.33. The number of nitrogens with one attached hydrogen (secondary N) is 1. The Balaban J connectivity index is 1.95. The van der Waals surface area contributed by atoms with E-state index in [1.807, 2.05) is 11.4 Å². The molecular formula is C15H21N3O. The van der Waals surface area contributed by atoms with E-state index in [9.17, 15) is 4.79 Å². The van der Waals surface area contributed by atoms with E-state index in [-0.39, 0.29) is 5.56 Å². The number of nitrogens with zero attached hydrogens (tertiary/aromatic N) is 2. The van der Waals surface area contributed by atoms with Crippen molar-refractivity contribution in [3.8, 4) is 0 Å². The maximum atomic E-state index is 11.5. The summed E-state index contributed by atoms with van der Waals surface area (Å²) in [6, 6.07) is 3.66. The second-order valence-corrected chi connectivity index (χ2v) is 5.68. The molecule has 4 heteroatoms. The van der Waals surface area contributed by atoms with Crippen molar-refractivity contribution in [2.24, 2.45) is 0 Å². The van der Waals surface area contributed by atoms with Gasteiger partial charge in [0, 0.05) is 23.7 Å². The Labute approximate surface area is 112 Å². The van der Waals surface area contributed by atoms with Gasteiger partial charge in [-0.25, -0.2) is 4.52 Å². The van der Waals surface area contributed by atoms with Crippen LogP contribution >= 0.6 is 0 Å². The lowest BCUT2D eigenvalue weighted by atomic mass is 9.89. The Bertz CT molecular complexity index is 618. The minimum absolute atomic E-state index is 0.0471. The summed E-state index contributed by atoms with van der Waals surface area (Å²) < 4.78 is 1.86. The molecule has 19 heavy (non-hydrogen) atoms. The molecule has 1 aliphatic carbocycles. The van der Waals surface area contributed by atoms with Gasteiger partial charge in [0.1, 0.15) is 5.65 Å². The number of aryl methyl sites for hydroxylation is 1. The van der Waals surface area contributed by atoms with Gasteiger partial charge >= 0.3 is 0 Å². The lowest BCUT2D eigenvalue weighted by Crippen LogP contribution is -2.09. The van der Waals surface area contributed by atoms with Gasteiger partial charge in [0.15, 0.2) is 0 Å². The SMILES string of the molecule is Cc1cc(=O)[nH]c2cc(C3CCCCCCC3)nn12. The van der Waals surface area contributed by atoms with E-state index >= 15 is 0 Å². The first-order valence-electron chi connectivity index (χ1n) is 7.33. The Morgan fingerprint density at radius 2 is 1.84 bits per heavy atom. The quantitative estimate of drug-likeness (QED) is 0.855. The highest BCUT2D eigenvalue weighted by Gasteiger charge is 2.17. The summed E-state index contributed by atoms with van der Waals surface area (Å²) in [4.78, 5) is 14.4. The molecule has 0 aromatic carbocycles. The molecule has 0 saturated heterocycles. The van der Waals surface area contributed by atoms with Gasteiger partial charge < -0.3 is 4.98 Å². The van der Waals surface area contributed by atoms with E-state index in [1.165, 1.54) is 44.9 Å². The van der Waals surface area contributed by atoms with Crippen LogP contribution in [0, 0.1) is 6.92 Å². The van der Waals surface area contributed by atoms with E-state index in [1.54, 1.807) is 6.07 Å². The molecule has 1 saturated carbocycles. The number of aromatic nitrogens is 3. The standard InChI is InChI=1S/C15H21N3O/c1-11-9-15(19)16-14-10-13(17-18(11)14)12-7-5-3-2-4-6-8-12/h9-10,12H,2-8H2,1H3,(H,16,19). The molecule has 4 nitrogen and oxygen atoms in total. The van der Waals surface area contributed by atoms with Crippen molar-refractivity contribution in [3.05, 3.63) is 33.9 Å². The third kappa shape index (κ3) is 2.57. The van der Waals surface area contributed by atoms with Crippen LogP contribution in [0.2, 0.25) is 0 Å². The van der Waals surface area contributed by atoms with Gasteiger partial charge in [0.2, 0.25) is 0 Å². The second-order valence-electron chi connectivity index (χ2n) is 5.68. The zero-order valence-electron chi connectivity index (χ0n) is 11.5. The third-order valence-corrected chi connectivity index (χ3v) is 4.18. The van der Waals surface area contributed by atoms with Gasteiger partial charge in [-0.15, -0.1) is 0 Å². The van der Waals surface area contributed by atoms with Gasteiger partial charge in [-0.1, -0.05) is 32.1 Å². The highest BCUT2D eigenvalue weighted by molar-refractivity contribution is 5.40. The van der Waals surface area contributed by atoms with Gasteiger partial charge in [0.05, 0.1) is 5.69 Å². The zero-order chi connectivity index (χ0) is 13.2. The number of hydrogen-bond donors (Lipinski definition) is 1. The summed E-state index contributed by atoms with van der Waals surface area (Å²) in [5.41, 5.74) is 2.82. The molecule has 0 bridgehead atoms. The summed E-state index contributed by atoms with van der Waals surface area (Å²) in [5.74, 6) is 0.558. The van der Waals surface area contributed by atoms with Crippen LogP contribution in [0.5, 0.6) is 0 Å². The van der Waals surface area contributed by atoms with Crippen LogP contribution in [0.3, 0.4) is 0 Å². The zero-order valence-corrected chi connectivity index (χ0v) is 11.5. The molecule has 102 valence electrons. The number of H-pyrrole nitrogens is 1. The molecule has 3 rings (SSSR count). The van der Waals surface area contributed by atoms with Crippen molar-refractivity contribution in [1.82, 2.24) is 14.6 Å². The van der Waals surface area contributed by atoms with Gasteiger partial charge in [-0.05, 0) is 19.8 Å². The fourth-order valence-corrected chi connectivity index (χ4v) is 3.12. The van der Waals surface area contributed by atoms with Crippen molar-refractivity contribution >= 4 is 5.65 Å². The van der Waals surface area contributed by atoms with Crippen molar-refractivity contribution in [1.29, 1.82) is 0 Å². The van der Waals surface area contributed by atoms with E-state index in [4.69, 9.17) is 5.10 Å². The van der Waals surface area contributed by atoms with Crippen LogP contribution in [-0.2, 0) is 0 Å². The molecule has 1 fully saturated rings. The Kier molecular flexibility index (Phi) is 3.40. The molecule has 1 aliphatic rings. The van der Waals surface area contributed by atoms with Crippen molar-refractivity contribution in [2.45, 2.75) is 57.8 Å². The minimum atomic E-state index is -0.0471. The molecule has 2 aromatic heterocycles. The maximum Gasteiger partial charge on any atom is 0.251 e. The monoisotopic (exact) mass is 259 g/mol. The largest absolute Gasteiger partial charge is 0.307 e. The maximum absolute atomic E-state index is 11.5. The van der Waals surface area contributed by atoms with Crippen LogP contribution in [0.25, 0.3) is 5.65 Å². The van der Waals surface area contributed by atoms with Gasteiger partial charge in [-0.2, -0.15) is 5.10 Å².